The second-order valence-corrected chi connectivity index (χ2v) is 4.99. The van der Waals surface area contributed by atoms with Crippen LogP contribution in [-0.4, -0.2) is 44.4 Å². The normalized spacial score (nSPS) is 12.8. The van der Waals surface area contributed by atoms with Gasteiger partial charge in [-0.15, -0.1) is 6.58 Å². The molecule has 0 aromatic rings. The molecule has 0 spiro atoms. The minimum Gasteiger partial charge on any atom is -0.480 e. The van der Waals surface area contributed by atoms with E-state index in [2.05, 4.69) is 11.3 Å². The Kier molecular flexibility index (Phi) is 6.44. The van der Waals surface area contributed by atoms with Gasteiger partial charge in [0.25, 0.3) is 0 Å². The van der Waals surface area contributed by atoms with E-state index in [4.69, 9.17) is 5.11 Å². The molecule has 0 radical (unpaired) electrons. The highest BCUT2D eigenvalue weighted by Gasteiger charge is 2.23. The van der Waals surface area contributed by atoms with E-state index in [9.17, 15) is 18.0 Å². The van der Waals surface area contributed by atoms with Crippen molar-refractivity contribution in [3.05, 3.63) is 12.7 Å². The standard InChI is InChI=1S/C9H15NO6S/c1-3-6-17(14,15)10-7(9(12)13)4-5-8(11)16-2/h3,7,10H,1,4-6H2,2H3,(H,12,13)/t7-/m0/s1. The third-order valence-electron chi connectivity index (χ3n) is 1.82. The molecule has 0 saturated heterocycles. The molecule has 2 N–H and O–H groups in total. The fraction of sp³-hybridized carbons (Fsp3) is 0.556. The number of carbonyl (C=O) groups is 2. The molecule has 0 aromatic carbocycles. The summed E-state index contributed by atoms with van der Waals surface area (Å²) in [6, 6.07) is -1.35. The van der Waals surface area contributed by atoms with Crippen molar-refractivity contribution in [3.8, 4) is 0 Å². The second-order valence-electron chi connectivity index (χ2n) is 3.19. The van der Waals surface area contributed by atoms with Gasteiger partial charge in [-0.1, -0.05) is 6.08 Å². The zero-order valence-electron chi connectivity index (χ0n) is 9.38. The number of nitrogens with one attached hydrogen (secondary N) is 1. The largest absolute Gasteiger partial charge is 0.480 e. The van der Waals surface area contributed by atoms with E-state index in [1.54, 1.807) is 0 Å². The van der Waals surface area contributed by atoms with Crippen molar-refractivity contribution in [2.75, 3.05) is 12.9 Å². The average molecular weight is 265 g/mol. The van der Waals surface area contributed by atoms with Gasteiger partial charge in [0.15, 0.2) is 0 Å². The van der Waals surface area contributed by atoms with E-state index >= 15 is 0 Å². The van der Waals surface area contributed by atoms with Crippen molar-refractivity contribution < 1.29 is 27.9 Å². The van der Waals surface area contributed by atoms with E-state index in [0.717, 1.165) is 6.08 Å². The zero-order chi connectivity index (χ0) is 13.5. The zero-order valence-corrected chi connectivity index (χ0v) is 10.2. The number of hydrogen-bond donors (Lipinski definition) is 2. The average Bonchev–Trinajstić information content (AvgIpc) is 2.23. The van der Waals surface area contributed by atoms with Gasteiger partial charge >= 0.3 is 11.9 Å². The van der Waals surface area contributed by atoms with Crippen LogP contribution < -0.4 is 4.72 Å². The number of carbonyl (C=O) groups excluding carboxylic acids is 1. The first-order valence-corrected chi connectivity index (χ1v) is 6.38. The fourth-order valence-electron chi connectivity index (χ4n) is 1.02. The van der Waals surface area contributed by atoms with E-state index < -0.39 is 28.0 Å². The number of carboxylic acid groups (broad SMARTS) is 1. The number of hydrogen-bond acceptors (Lipinski definition) is 5. The molecule has 98 valence electrons. The lowest BCUT2D eigenvalue weighted by molar-refractivity contribution is -0.142. The van der Waals surface area contributed by atoms with Crippen molar-refractivity contribution in [2.24, 2.45) is 0 Å². The maximum atomic E-state index is 11.3. The summed E-state index contributed by atoms with van der Waals surface area (Å²) in [5.41, 5.74) is 0. The summed E-state index contributed by atoms with van der Waals surface area (Å²) < 4.78 is 28.9. The Hall–Kier alpha value is -1.41. The van der Waals surface area contributed by atoms with Gasteiger partial charge in [0.2, 0.25) is 10.0 Å². The highest BCUT2D eigenvalue weighted by molar-refractivity contribution is 7.89. The molecule has 1 atom stereocenters. The summed E-state index contributed by atoms with van der Waals surface area (Å²) in [5.74, 6) is -2.32. The number of ether oxygens (including phenoxy) is 1. The van der Waals surface area contributed by atoms with Gasteiger partial charge in [-0.25, -0.2) is 13.1 Å². The molecule has 7 nitrogen and oxygen atoms in total. The maximum Gasteiger partial charge on any atom is 0.321 e. The third-order valence-corrected chi connectivity index (χ3v) is 3.14. The first-order valence-electron chi connectivity index (χ1n) is 4.73. The lowest BCUT2D eigenvalue weighted by Crippen LogP contribution is -2.41. The summed E-state index contributed by atoms with van der Waals surface area (Å²) in [7, 11) is -2.56. The Morgan fingerprint density at radius 1 is 1.53 bits per heavy atom. The van der Waals surface area contributed by atoms with Gasteiger partial charge in [-0.2, -0.15) is 0 Å². The summed E-state index contributed by atoms with van der Waals surface area (Å²) in [4.78, 5) is 21.6. The minimum absolute atomic E-state index is 0.168. The lowest BCUT2D eigenvalue weighted by atomic mass is 10.2. The van der Waals surface area contributed by atoms with Crippen molar-refractivity contribution in [3.63, 3.8) is 0 Å². The van der Waals surface area contributed by atoms with Gasteiger partial charge < -0.3 is 9.84 Å². The van der Waals surface area contributed by atoms with Crippen LogP contribution in [0.4, 0.5) is 0 Å². The highest BCUT2D eigenvalue weighted by Crippen LogP contribution is 2.02. The lowest BCUT2D eigenvalue weighted by Gasteiger charge is -2.13. The summed E-state index contributed by atoms with van der Waals surface area (Å²) >= 11 is 0. The first-order chi connectivity index (χ1) is 7.82. The molecular formula is C9H15NO6S. The highest BCUT2D eigenvalue weighted by atomic mass is 32.2. The fourth-order valence-corrected chi connectivity index (χ4v) is 2.08. The Bertz CT molecular complexity index is 388. The molecule has 0 saturated carbocycles. The van der Waals surface area contributed by atoms with Gasteiger partial charge in [0.05, 0.1) is 12.9 Å². The molecule has 0 amide bonds. The molecule has 0 aliphatic carbocycles. The van der Waals surface area contributed by atoms with Crippen molar-refractivity contribution in [1.82, 2.24) is 4.72 Å². The van der Waals surface area contributed by atoms with Crippen LogP contribution in [0.25, 0.3) is 0 Å². The van der Waals surface area contributed by atoms with Crippen molar-refractivity contribution in [2.45, 2.75) is 18.9 Å². The molecule has 0 aliphatic rings. The van der Waals surface area contributed by atoms with Crippen LogP contribution in [0.1, 0.15) is 12.8 Å². The van der Waals surface area contributed by atoms with Gasteiger partial charge in [-0.05, 0) is 6.42 Å². The van der Waals surface area contributed by atoms with Gasteiger partial charge in [0, 0.05) is 6.42 Å². The monoisotopic (exact) mass is 265 g/mol. The topological polar surface area (TPSA) is 110 Å². The minimum atomic E-state index is -3.73. The van der Waals surface area contributed by atoms with Gasteiger partial charge in [-0.3, -0.25) is 9.59 Å². The van der Waals surface area contributed by atoms with E-state index in [1.807, 2.05) is 4.72 Å². The Morgan fingerprint density at radius 3 is 2.53 bits per heavy atom. The number of esters is 1. The third kappa shape index (κ3) is 6.69. The molecule has 8 heteroatoms. The van der Waals surface area contributed by atoms with Crippen molar-refractivity contribution in [1.29, 1.82) is 0 Å². The molecular weight excluding hydrogens is 250 g/mol. The number of methoxy groups -OCH3 is 1. The van der Waals surface area contributed by atoms with E-state index in [-0.39, 0.29) is 18.6 Å². The SMILES string of the molecule is C=CCS(=O)(=O)N[C@@H](CCC(=O)OC)C(=O)O. The molecule has 0 aliphatic heterocycles. The van der Waals surface area contributed by atoms with E-state index in [0.29, 0.717) is 0 Å². The summed E-state index contributed by atoms with van der Waals surface area (Å²) in [6.45, 7) is 3.24. The number of carboxylic acids is 1. The predicted molar refractivity (Wildman–Crippen MR) is 59.8 cm³/mol. The van der Waals surface area contributed by atoms with E-state index in [1.165, 1.54) is 7.11 Å². The first kappa shape index (κ1) is 15.6. The van der Waals surface area contributed by atoms with Crippen LogP contribution in [0.2, 0.25) is 0 Å². The number of rotatable bonds is 8. The molecule has 0 fully saturated rings. The maximum absolute atomic E-state index is 11.3. The molecule has 0 bridgehead atoms. The van der Waals surface area contributed by atoms with Crippen LogP contribution in [0.15, 0.2) is 12.7 Å². The molecule has 0 aromatic heterocycles. The number of sulfonamides is 1. The molecule has 0 rings (SSSR count). The quantitative estimate of drug-likeness (QED) is 0.452. The number of aliphatic carboxylic acids is 1. The Morgan fingerprint density at radius 2 is 2.12 bits per heavy atom. The van der Waals surface area contributed by atoms with Crippen molar-refractivity contribution >= 4 is 22.0 Å². The predicted octanol–water partition coefficient (Wildman–Crippen LogP) is -0.502. The summed E-state index contributed by atoms with van der Waals surface area (Å²) in [5, 5.41) is 8.79. The van der Waals surface area contributed by atoms with Crippen LogP contribution in [-0.2, 0) is 24.3 Å². The molecule has 0 unspecified atom stereocenters. The Labute approximate surface area is 99.5 Å². The van der Waals surface area contributed by atoms with Crippen LogP contribution in [0.3, 0.4) is 0 Å². The Balaban J connectivity index is 4.50. The van der Waals surface area contributed by atoms with Crippen LogP contribution in [0, 0.1) is 0 Å². The summed E-state index contributed by atoms with van der Waals surface area (Å²) in [6.07, 6.45) is 0.796. The molecule has 17 heavy (non-hydrogen) atoms. The molecule has 0 heterocycles. The van der Waals surface area contributed by atoms with Crippen LogP contribution in [0.5, 0.6) is 0 Å². The smallest absolute Gasteiger partial charge is 0.321 e. The van der Waals surface area contributed by atoms with Crippen LogP contribution >= 0.6 is 0 Å². The van der Waals surface area contributed by atoms with Gasteiger partial charge in [0.1, 0.15) is 6.04 Å². The second kappa shape index (κ2) is 7.02.